The van der Waals surface area contributed by atoms with Crippen LogP contribution in [0.15, 0.2) is 15.2 Å². The molecular formula is C12H16BrNO2S. The molecule has 0 spiro atoms. The Kier molecular flexibility index (Phi) is 4.02. The first-order valence-corrected chi connectivity index (χ1v) is 7.36. The van der Waals surface area contributed by atoms with Crippen LogP contribution in [0, 0.1) is 0 Å². The molecule has 17 heavy (non-hydrogen) atoms. The molecule has 0 radical (unpaired) electrons. The molecule has 0 unspecified atom stereocenters. The fourth-order valence-electron chi connectivity index (χ4n) is 2.04. The standard InChI is InChI=1S/C12H16BrNO2S/c1-12(2,14-3-5-16-6-4-14)11(15)9-7-17-8-10(9)13/h7-8H,3-6H2,1-2H3. The van der Waals surface area contributed by atoms with E-state index in [1.165, 1.54) is 0 Å². The van der Waals surface area contributed by atoms with Crippen LogP contribution in [0.1, 0.15) is 24.2 Å². The first-order chi connectivity index (χ1) is 8.03. The van der Waals surface area contributed by atoms with Crippen LogP contribution in [0.3, 0.4) is 0 Å². The van der Waals surface area contributed by atoms with Gasteiger partial charge in [0.05, 0.1) is 18.8 Å². The van der Waals surface area contributed by atoms with Gasteiger partial charge in [0.25, 0.3) is 0 Å². The summed E-state index contributed by atoms with van der Waals surface area (Å²) < 4.78 is 6.23. The molecule has 2 rings (SSSR count). The SMILES string of the molecule is CC(C)(C(=O)c1cscc1Br)N1CCOCC1. The summed E-state index contributed by atoms with van der Waals surface area (Å²) in [7, 11) is 0. The highest BCUT2D eigenvalue weighted by Crippen LogP contribution is 2.28. The van der Waals surface area contributed by atoms with Crippen LogP contribution in [0.2, 0.25) is 0 Å². The lowest BCUT2D eigenvalue weighted by Crippen LogP contribution is -2.54. The minimum atomic E-state index is -0.465. The van der Waals surface area contributed by atoms with E-state index in [9.17, 15) is 4.79 Å². The van der Waals surface area contributed by atoms with E-state index in [0.29, 0.717) is 13.2 Å². The number of hydrogen-bond acceptors (Lipinski definition) is 4. The van der Waals surface area contributed by atoms with E-state index >= 15 is 0 Å². The zero-order valence-corrected chi connectivity index (χ0v) is 12.4. The van der Waals surface area contributed by atoms with Gasteiger partial charge in [0.1, 0.15) is 0 Å². The number of ether oxygens (including phenoxy) is 1. The minimum Gasteiger partial charge on any atom is -0.379 e. The molecule has 1 fully saturated rings. The number of thiophene rings is 1. The Morgan fingerprint density at radius 2 is 2.06 bits per heavy atom. The molecule has 94 valence electrons. The van der Waals surface area contributed by atoms with Gasteiger partial charge in [-0.05, 0) is 29.8 Å². The monoisotopic (exact) mass is 317 g/mol. The van der Waals surface area contributed by atoms with Crippen molar-refractivity contribution in [2.75, 3.05) is 26.3 Å². The Hall–Kier alpha value is -0.230. The maximum atomic E-state index is 12.5. The highest BCUT2D eigenvalue weighted by atomic mass is 79.9. The van der Waals surface area contributed by atoms with Crippen molar-refractivity contribution in [1.29, 1.82) is 0 Å². The van der Waals surface area contributed by atoms with Gasteiger partial charge in [0.15, 0.2) is 5.78 Å². The highest BCUT2D eigenvalue weighted by Gasteiger charge is 2.36. The Bertz CT molecular complexity index is 410. The van der Waals surface area contributed by atoms with Crippen molar-refractivity contribution in [3.05, 3.63) is 20.8 Å². The van der Waals surface area contributed by atoms with Gasteiger partial charge in [0.2, 0.25) is 0 Å². The third-order valence-corrected chi connectivity index (χ3v) is 4.92. The molecule has 0 atom stereocenters. The second-order valence-corrected chi connectivity index (χ2v) is 6.22. The average molecular weight is 318 g/mol. The molecule has 0 saturated carbocycles. The molecule has 0 aromatic carbocycles. The molecule has 1 aromatic rings. The summed E-state index contributed by atoms with van der Waals surface area (Å²) >= 11 is 4.98. The molecule has 2 heterocycles. The van der Waals surface area contributed by atoms with E-state index in [4.69, 9.17) is 4.74 Å². The van der Waals surface area contributed by atoms with Crippen molar-refractivity contribution < 1.29 is 9.53 Å². The summed E-state index contributed by atoms with van der Waals surface area (Å²) in [6.45, 7) is 7.04. The second-order valence-electron chi connectivity index (χ2n) is 4.62. The molecule has 1 saturated heterocycles. The summed E-state index contributed by atoms with van der Waals surface area (Å²) in [5.74, 6) is 0.174. The van der Waals surface area contributed by atoms with E-state index in [0.717, 1.165) is 23.1 Å². The maximum Gasteiger partial charge on any atom is 0.184 e. The lowest BCUT2D eigenvalue weighted by Gasteiger charge is -2.39. The summed E-state index contributed by atoms with van der Waals surface area (Å²) in [6.07, 6.45) is 0. The summed E-state index contributed by atoms with van der Waals surface area (Å²) in [4.78, 5) is 14.7. The molecule has 1 aromatic heterocycles. The van der Waals surface area contributed by atoms with Crippen LogP contribution in [0.5, 0.6) is 0 Å². The van der Waals surface area contributed by atoms with Gasteiger partial charge in [-0.15, -0.1) is 0 Å². The number of Topliss-reactive ketones (excluding diaryl/α,β-unsaturated/α-hetero) is 1. The van der Waals surface area contributed by atoms with Gasteiger partial charge < -0.3 is 4.74 Å². The van der Waals surface area contributed by atoms with E-state index in [-0.39, 0.29) is 5.78 Å². The van der Waals surface area contributed by atoms with E-state index < -0.39 is 5.54 Å². The lowest BCUT2D eigenvalue weighted by atomic mass is 9.92. The smallest absolute Gasteiger partial charge is 0.184 e. The number of ketones is 1. The van der Waals surface area contributed by atoms with Gasteiger partial charge in [-0.1, -0.05) is 0 Å². The molecular weight excluding hydrogens is 302 g/mol. The molecule has 0 bridgehead atoms. The van der Waals surface area contributed by atoms with Crippen molar-refractivity contribution in [3.63, 3.8) is 0 Å². The quantitative estimate of drug-likeness (QED) is 0.803. The number of halogens is 1. The number of nitrogens with zero attached hydrogens (tertiary/aromatic N) is 1. The van der Waals surface area contributed by atoms with Gasteiger partial charge >= 0.3 is 0 Å². The normalized spacial score (nSPS) is 18.3. The number of rotatable bonds is 3. The predicted molar refractivity (Wildman–Crippen MR) is 72.8 cm³/mol. The van der Waals surface area contributed by atoms with Crippen LogP contribution in [-0.4, -0.2) is 42.5 Å². The first-order valence-electron chi connectivity index (χ1n) is 5.63. The van der Waals surface area contributed by atoms with Crippen LogP contribution in [0.4, 0.5) is 0 Å². The molecule has 1 aliphatic heterocycles. The lowest BCUT2D eigenvalue weighted by molar-refractivity contribution is -0.00430. The van der Waals surface area contributed by atoms with Crippen LogP contribution in [-0.2, 0) is 4.74 Å². The fourth-order valence-corrected chi connectivity index (χ4v) is 3.49. The summed E-state index contributed by atoms with van der Waals surface area (Å²) in [5.41, 5.74) is 0.319. The van der Waals surface area contributed by atoms with Crippen molar-refractivity contribution in [2.24, 2.45) is 0 Å². The van der Waals surface area contributed by atoms with Gasteiger partial charge in [-0.25, -0.2) is 0 Å². The number of carbonyl (C=O) groups is 1. The van der Waals surface area contributed by atoms with E-state index in [1.807, 2.05) is 24.6 Å². The highest BCUT2D eigenvalue weighted by molar-refractivity contribution is 9.10. The van der Waals surface area contributed by atoms with E-state index in [2.05, 4.69) is 20.8 Å². The average Bonchev–Trinajstić information content (AvgIpc) is 2.75. The van der Waals surface area contributed by atoms with E-state index in [1.54, 1.807) is 11.3 Å². The van der Waals surface area contributed by atoms with Crippen molar-refractivity contribution in [2.45, 2.75) is 19.4 Å². The predicted octanol–water partition coefficient (Wildman–Crippen LogP) is 2.80. The Morgan fingerprint density at radius 3 is 2.59 bits per heavy atom. The van der Waals surface area contributed by atoms with Crippen LogP contribution in [0.25, 0.3) is 0 Å². The maximum absolute atomic E-state index is 12.5. The zero-order chi connectivity index (χ0) is 12.5. The van der Waals surface area contributed by atoms with Crippen LogP contribution < -0.4 is 0 Å². The number of morpholine rings is 1. The van der Waals surface area contributed by atoms with Gasteiger partial charge in [-0.2, -0.15) is 11.3 Å². The Morgan fingerprint density at radius 1 is 1.41 bits per heavy atom. The molecule has 1 aliphatic rings. The third-order valence-electron chi connectivity index (χ3n) is 3.22. The molecule has 0 amide bonds. The van der Waals surface area contributed by atoms with Crippen molar-refractivity contribution in [3.8, 4) is 0 Å². The van der Waals surface area contributed by atoms with Crippen molar-refractivity contribution >= 4 is 33.0 Å². The summed E-state index contributed by atoms with van der Waals surface area (Å²) in [5, 5.41) is 3.86. The van der Waals surface area contributed by atoms with Gasteiger partial charge in [-0.3, -0.25) is 9.69 Å². The Labute approximate surface area is 114 Å². The second kappa shape index (κ2) is 5.18. The zero-order valence-electron chi connectivity index (χ0n) is 10.0. The molecule has 3 nitrogen and oxygen atoms in total. The first kappa shape index (κ1) is 13.2. The summed E-state index contributed by atoms with van der Waals surface area (Å²) in [6, 6.07) is 0. The largest absolute Gasteiger partial charge is 0.379 e. The number of carbonyl (C=O) groups excluding carboxylic acids is 1. The molecule has 0 N–H and O–H groups in total. The minimum absolute atomic E-state index is 0.174. The van der Waals surface area contributed by atoms with Gasteiger partial charge in [0, 0.05) is 33.9 Å². The molecule has 0 aliphatic carbocycles. The molecule has 5 heteroatoms. The fraction of sp³-hybridized carbons (Fsp3) is 0.583. The van der Waals surface area contributed by atoms with Crippen molar-refractivity contribution in [1.82, 2.24) is 4.90 Å². The van der Waals surface area contributed by atoms with Crippen LogP contribution >= 0.6 is 27.3 Å². The topological polar surface area (TPSA) is 29.5 Å². The third kappa shape index (κ3) is 2.62. The number of hydrogen-bond donors (Lipinski definition) is 0. The Balaban J connectivity index is 2.19.